The van der Waals surface area contributed by atoms with E-state index in [-0.39, 0.29) is 28.9 Å². The van der Waals surface area contributed by atoms with Crippen molar-refractivity contribution in [1.82, 2.24) is 10.2 Å². The minimum atomic E-state index is -1.05. The number of hydrogen-bond acceptors (Lipinski definition) is 10. The Morgan fingerprint density at radius 3 is 2.52 bits per heavy atom. The molecule has 1 saturated heterocycles. The number of Topliss-reactive ketones (excluding diaryl/α,β-unsaturated/α-hetero) is 1. The van der Waals surface area contributed by atoms with E-state index < -0.39 is 17.7 Å². The molecule has 0 saturated carbocycles. The highest BCUT2D eigenvalue weighted by Crippen LogP contribution is 2.45. The van der Waals surface area contributed by atoms with Crippen molar-refractivity contribution in [3.05, 3.63) is 107 Å². The number of carbonyl (C=O) groups is 2. The number of anilines is 1. The number of nitrogens with zero attached hydrogens (tertiary/aromatic N) is 3. The molecule has 46 heavy (non-hydrogen) atoms. The van der Waals surface area contributed by atoms with Gasteiger partial charge in [-0.2, -0.15) is 0 Å². The number of thioether (sulfide) groups is 1. The van der Waals surface area contributed by atoms with Gasteiger partial charge in [0.05, 0.1) is 25.3 Å². The van der Waals surface area contributed by atoms with Crippen LogP contribution in [0.4, 0.5) is 9.52 Å². The predicted octanol–water partition coefficient (Wildman–Crippen LogP) is 7.35. The number of carbonyl (C=O) groups excluding carboxylic acids is 2. The number of hydrogen-bond donors (Lipinski definition) is 1. The molecule has 3 aromatic carbocycles. The van der Waals surface area contributed by atoms with Gasteiger partial charge in [0.15, 0.2) is 15.8 Å². The lowest BCUT2D eigenvalue weighted by Crippen LogP contribution is -2.29. The quantitative estimate of drug-likeness (QED) is 0.0282. The van der Waals surface area contributed by atoms with E-state index in [4.69, 9.17) is 14.2 Å². The Morgan fingerprint density at radius 2 is 1.83 bits per heavy atom. The number of aromatic nitrogens is 2. The monoisotopic (exact) mass is 661 g/mol. The second kappa shape index (κ2) is 15.1. The molecule has 0 radical (unpaired) electrons. The molecule has 1 fully saturated rings. The number of rotatable bonds is 14. The average molecular weight is 662 g/mol. The van der Waals surface area contributed by atoms with Gasteiger partial charge in [0.1, 0.15) is 23.9 Å². The Bertz CT molecular complexity index is 1740. The standard InChI is InChI=1S/C34H32FN3O6S2/c1-4-6-18-43-25-14-9-22(10-15-25)30(39)28-29(23-11-16-26(44-17-5-2)27(19-23)42-3)38(32(41)31(28)40)33-36-37-34(46-33)45-20-21-7-12-24(35)13-8-21/h5,7-16,19,29,39H,2,4,6,17-18,20H2,1,3H3. The first kappa shape index (κ1) is 32.7. The molecule has 4 aromatic rings. The maximum Gasteiger partial charge on any atom is 0.301 e. The molecule has 238 valence electrons. The highest BCUT2D eigenvalue weighted by Gasteiger charge is 2.48. The van der Waals surface area contributed by atoms with E-state index in [0.29, 0.717) is 45.1 Å². The molecule has 2 heterocycles. The molecule has 1 N–H and O–H groups in total. The van der Waals surface area contributed by atoms with Crippen LogP contribution in [0.15, 0.2) is 89.3 Å². The summed E-state index contributed by atoms with van der Waals surface area (Å²) in [7, 11) is 1.48. The summed E-state index contributed by atoms with van der Waals surface area (Å²) >= 11 is 2.50. The Kier molecular flexibility index (Phi) is 10.7. The zero-order valence-electron chi connectivity index (χ0n) is 25.3. The smallest absolute Gasteiger partial charge is 0.301 e. The van der Waals surface area contributed by atoms with E-state index in [1.165, 1.54) is 35.9 Å². The molecule has 1 atom stereocenters. The third-order valence-corrected chi connectivity index (χ3v) is 9.20. The molecule has 0 bridgehead atoms. The predicted molar refractivity (Wildman–Crippen MR) is 176 cm³/mol. The minimum Gasteiger partial charge on any atom is -0.507 e. The second-order valence-corrected chi connectivity index (χ2v) is 12.3. The number of benzene rings is 3. The summed E-state index contributed by atoms with van der Waals surface area (Å²) in [5, 5.41) is 20.2. The first-order valence-corrected chi connectivity index (χ1v) is 16.3. The maximum atomic E-state index is 13.7. The van der Waals surface area contributed by atoms with E-state index >= 15 is 0 Å². The molecule has 1 aromatic heterocycles. The summed E-state index contributed by atoms with van der Waals surface area (Å²) < 4.78 is 30.9. The lowest BCUT2D eigenvalue weighted by atomic mass is 9.95. The van der Waals surface area contributed by atoms with E-state index in [2.05, 4.69) is 23.7 Å². The highest BCUT2D eigenvalue weighted by atomic mass is 32.2. The third kappa shape index (κ3) is 7.24. The summed E-state index contributed by atoms with van der Waals surface area (Å²) in [6.45, 7) is 6.55. The van der Waals surface area contributed by atoms with Crippen LogP contribution < -0.4 is 19.1 Å². The SMILES string of the molecule is C=CCOc1ccc(C2C(=C(O)c3ccc(OCCCC)cc3)C(=O)C(=O)N2c2nnc(SCc3ccc(F)cc3)s2)cc1OC. The normalized spacial score (nSPS) is 15.6. The van der Waals surface area contributed by atoms with Crippen molar-refractivity contribution in [1.29, 1.82) is 0 Å². The second-order valence-electron chi connectivity index (χ2n) is 10.2. The minimum absolute atomic E-state index is 0.109. The fourth-order valence-corrected chi connectivity index (χ4v) is 6.57. The fraction of sp³-hybridized carbons (Fsp3) is 0.235. The molecule has 9 nitrogen and oxygen atoms in total. The number of amides is 1. The molecule has 12 heteroatoms. The zero-order chi connectivity index (χ0) is 32.6. The summed E-state index contributed by atoms with van der Waals surface area (Å²) in [6, 6.07) is 16.8. The molecule has 0 aliphatic carbocycles. The molecule has 0 spiro atoms. The van der Waals surface area contributed by atoms with Crippen molar-refractivity contribution in [2.24, 2.45) is 0 Å². The van der Waals surface area contributed by atoms with Gasteiger partial charge >= 0.3 is 5.91 Å². The van der Waals surface area contributed by atoms with Gasteiger partial charge in [0.25, 0.3) is 5.78 Å². The first-order chi connectivity index (χ1) is 22.3. The van der Waals surface area contributed by atoms with Crippen LogP contribution in [-0.2, 0) is 15.3 Å². The molecule has 1 aliphatic heterocycles. The maximum absolute atomic E-state index is 13.7. The number of ketones is 1. The van der Waals surface area contributed by atoms with Gasteiger partial charge in [0, 0.05) is 11.3 Å². The van der Waals surface area contributed by atoms with Gasteiger partial charge in [-0.1, -0.05) is 67.3 Å². The van der Waals surface area contributed by atoms with E-state index in [1.54, 1.807) is 60.7 Å². The van der Waals surface area contributed by atoms with Crippen molar-refractivity contribution in [2.45, 2.75) is 35.9 Å². The van der Waals surface area contributed by atoms with Crippen LogP contribution >= 0.6 is 23.1 Å². The van der Waals surface area contributed by atoms with Crippen LogP contribution in [0.25, 0.3) is 5.76 Å². The van der Waals surface area contributed by atoms with Crippen molar-refractivity contribution >= 4 is 45.7 Å². The Balaban J connectivity index is 1.53. The number of methoxy groups -OCH3 is 1. The number of aliphatic hydroxyl groups excluding tert-OH is 1. The Morgan fingerprint density at radius 1 is 1.07 bits per heavy atom. The van der Waals surface area contributed by atoms with Crippen molar-refractivity contribution in [3.8, 4) is 17.2 Å². The van der Waals surface area contributed by atoms with Gasteiger partial charge in [0.2, 0.25) is 5.13 Å². The molecule has 1 amide bonds. The van der Waals surface area contributed by atoms with Crippen molar-refractivity contribution in [3.63, 3.8) is 0 Å². The zero-order valence-corrected chi connectivity index (χ0v) is 26.9. The number of aliphatic hydroxyl groups is 1. The lowest BCUT2D eigenvalue weighted by Gasteiger charge is -2.23. The Labute approximate surface area is 274 Å². The molecular weight excluding hydrogens is 630 g/mol. The lowest BCUT2D eigenvalue weighted by molar-refractivity contribution is -0.132. The summed E-state index contributed by atoms with van der Waals surface area (Å²) in [5.41, 5.74) is 1.61. The van der Waals surface area contributed by atoms with Gasteiger partial charge < -0.3 is 19.3 Å². The molecule has 1 aliphatic rings. The molecule has 5 rings (SSSR count). The van der Waals surface area contributed by atoms with E-state index in [0.717, 1.165) is 29.7 Å². The van der Waals surface area contributed by atoms with Crippen LogP contribution in [0.1, 0.15) is 42.5 Å². The average Bonchev–Trinajstić information content (AvgIpc) is 3.65. The molecule has 1 unspecified atom stereocenters. The summed E-state index contributed by atoms with van der Waals surface area (Å²) in [5.74, 6) is -0.457. The first-order valence-electron chi connectivity index (χ1n) is 14.5. The molecular formula is C34H32FN3O6S2. The number of halogens is 1. The highest BCUT2D eigenvalue weighted by molar-refractivity contribution is 8.00. The number of ether oxygens (including phenoxy) is 3. The van der Waals surface area contributed by atoms with Gasteiger partial charge in [-0.05, 0) is 66.1 Å². The summed E-state index contributed by atoms with van der Waals surface area (Å²) in [4.78, 5) is 28.6. The van der Waals surface area contributed by atoms with Crippen LogP contribution in [-0.4, -0.2) is 47.3 Å². The summed E-state index contributed by atoms with van der Waals surface area (Å²) in [6.07, 6.45) is 3.50. The topological polar surface area (TPSA) is 111 Å². The van der Waals surface area contributed by atoms with E-state index in [9.17, 15) is 19.1 Å². The number of unbranched alkanes of at least 4 members (excludes halogenated alkanes) is 1. The fourth-order valence-electron chi connectivity index (χ4n) is 4.75. The van der Waals surface area contributed by atoms with Crippen LogP contribution in [0.2, 0.25) is 0 Å². The van der Waals surface area contributed by atoms with E-state index in [1.807, 2.05) is 0 Å². The largest absolute Gasteiger partial charge is 0.507 e. The van der Waals surface area contributed by atoms with Crippen molar-refractivity contribution in [2.75, 3.05) is 25.2 Å². The van der Waals surface area contributed by atoms with Crippen LogP contribution in [0, 0.1) is 5.82 Å². The van der Waals surface area contributed by atoms with Crippen LogP contribution in [0.5, 0.6) is 17.2 Å². The van der Waals surface area contributed by atoms with Gasteiger partial charge in [-0.3, -0.25) is 14.5 Å². The van der Waals surface area contributed by atoms with Crippen molar-refractivity contribution < 1.29 is 33.3 Å². The van der Waals surface area contributed by atoms with Crippen LogP contribution in [0.3, 0.4) is 0 Å². The Hall–Kier alpha value is -4.68. The van der Waals surface area contributed by atoms with Gasteiger partial charge in [-0.15, -0.1) is 10.2 Å². The van der Waals surface area contributed by atoms with Gasteiger partial charge in [-0.25, -0.2) is 4.39 Å². The third-order valence-electron chi connectivity index (χ3n) is 7.08.